The summed E-state index contributed by atoms with van der Waals surface area (Å²) in [6, 6.07) is 15.2. The van der Waals surface area contributed by atoms with Crippen LogP contribution >= 0.6 is 23.2 Å². The minimum atomic E-state index is -0.150. The first-order valence-electron chi connectivity index (χ1n) is 8.90. The summed E-state index contributed by atoms with van der Waals surface area (Å²) in [4.78, 5) is 14.8. The third-order valence-electron chi connectivity index (χ3n) is 4.43. The Labute approximate surface area is 169 Å². The highest BCUT2D eigenvalue weighted by atomic mass is 35.5. The van der Waals surface area contributed by atoms with Gasteiger partial charge in [0.1, 0.15) is 0 Å². The number of carbonyl (C=O) groups is 1. The number of rotatable bonds is 6. The molecule has 27 heavy (non-hydrogen) atoms. The Hall–Kier alpha value is -1.85. The molecule has 0 bridgehead atoms. The zero-order valence-electron chi connectivity index (χ0n) is 14.9. The Morgan fingerprint density at radius 1 is 1.11 bits per heavy atom. The Morgan fingerprint density at radius 2 is 1.85 bits per heavy atom. The van der Waals surface area contributed by atoms with Crippen LogP contribution in [0.4, 0.5) is 0 Å². The van der Waals surface area contributed by atoms with Crippen molar-refractivity contribution in [3.63, 3.8) is 0 Å². The number of carbonyl (C=O) groups excluding carboxylic acids is 1. The van der Waals surface area contributed by atoms with Gasteiger partial charge in [0.05, 0.1) is 29.3 Å². The summed E-state index contributed by atoms with van der Waals surface area (Å²) >= 11 is 11.9. The lowest BCUT2D eigenvalue weighted by atomic mass is 10.1. The van der Waals surface area contributed by atoms with Gasteiger partial charge in [-0.15, -0.1) is 0 Å². The molecule has 0 saturated carbocycles. The standard InChI is InChI=1S/C21H22Cl2N2O2/c22-18-8-6-16(14-19(18)23)7-9-21(26)24-20(17-4-2-1-3-5-17)15-25-10-12-27-13-11-25/h1-9,14,20H,10-13,15H2,(H,24,26)/b9-7+. The maximum absolute atomic E-state index is 12.5. The molecule has 0 spiro atoms. The molecule has 1 heterocycles. The molecule has 1 aliphatic heterocycles. The topological polar surface area (TPSA) is 41.6 Å². The average Bonchev–Trinajstić information content (AvgIpc) is 2.70. The van der Waals surface area contributed by atoms with Crippen LogP contribution in [0.1, 0.15) is 17.2 Å². The van der Waals surface area contributed by atoms with Gasteiger partial charge < -0.3 is 10.1 Å². The van der Waals surface area contributed by atoms with Crippen LogP contribution in [0.25, 0.3) is 6.08 Å². The number of benzene rings is 2. The normalized spacial score (nSPS) is 16.4. The third kappa shape index (κ3) is 6.08. The summed E-state index contributed by atoms with van der Waals surface area (Å²) in [6.45, 7) is 3.95. The molecule has 1 aliphatic rings. The van der Waals surface area contributed by atoms with Crippen molar-refractivity contribution in [2.45, 2.75) is 6.04 Å². The van der Waals surface area contributed by atoms with Crippen molar-refractivity contribution in [2.75, 3.05) is 32.8 Å². The lowest BCUT2D eigenvalue weighted by molar-refractivity contribution is -0.117. The maximum Gasteiger partial charge on any atom is 0.244 e. The number of hydrogen-bond donors (Lipinski definition) is 1. The van der Waals surface area contributed by atoms with Gasteiger partial charge in [-0.25, -0.2) is 0 Å². The van der Waals surface area contributed by atoms with Crippen molar-refractivity contribution in [3.05, 3.63) is 75.8 Å². The highest BCUT2D eigenvalue weighted by Crippen LogP contribution is 2.23. The van der Waals surface area contributed by atoms with E-state index < -0.39 is 0 Å². The number of hydrogen-bond acceptors (Lipinski definition) is 3. The van der Waals surface area contributed by atoms with E-state index in [2.05, 4.69) is 10.2 Å². The van der Waals surface area contributed by atoms with E-state index in [0.29, 0.717) is 10.0 Å². The van der Waals surface area contributed by atoms with Crippen molar-refractivity contribution in [3.8, 4) is 0 Å². The number of ether oxygens (including phenoxy) is 1. The van der Waals surface area contributed by atoms with E-state index in [-0.39, 0.29) is 11.9 Å². The van der Waals surface area contributed by atoms with Gasteiger partial charge >= 0.3 is 0 Å². The highest BCUT2D eigenvalue weighted by Gasteiger charge is 2.19. The van der Waals surface area contributed by atoms with Crippen LogP contribution in [-0.4, -0.2) is 43.7 Å². The van der Waals surface area contributed by atoms with E-state index in [1.165, 1.54) is 6.08 Å². The van der Waals surface area contributed by atoms with Crippen molar-refractivity contribution in [1.29, 1.82) is 0 Å². The molecule has 1 fully saturated rings. The van der Waals surface area contributed by atoms with Crippen LogP contribution in [0.2, 0.25) is 10.0 Å². The molecule has 2 aromatic carbocycles. The summed E-state index contributed by atoms with van der Waals surface area (Å²) in [6.07, 6.45) is 3.25. The fraction of sp³-hybridized carbons (Fsp3) is 0.286. The fourth-order valence-electron chi connectivity index (χ4n) is 2.97. The second-order valence-electron chi connectivity index (χ2n) is 6.39. The predicted octanol–water partition coefficient (Wildman–Crippen LogP) is 4.20. The first-order valence-corrected chi connectivity index (χ1v) is 9.66. The van der Waals surface area contributed by atoms with E-state index in [9.17, 15) is 4.79 Å². The number of morpholine rings is 1. The first kappa shape index (κ1) is 19.9. The van der Waals surface area contributed by atoms with E-state index in [0.717, 1.165) is 44.0 Å². The van der Waals surface area contributed by atoms with Gasteiger partial charge in [-0.3, -0.25) is 9.69 Å². The molecule has 1 unspecified atom stereocenters. The molecule has 1 N–H and O–H groups in total. The number of amides is 1. The molecule has 1 saturated heterocycles. The van der Waals surface area contributed by atoms with Crippen LogP contribution in [0.15, 0.2) is 54.6 Å². The summed E-state index contributed by atoms with van der Waals surface area (Å²) in [5, 5.41) is 4.07. The average molecular weight is 405 g/mol. The molecule has 2 aromatic rings. The maximum atomic E-state index is 12.5. The molecular weight excluding hydrogens is 383 g/mol. The molecular formula is C21H22Cl2N2O2. The van der Waals surface area contributed by atoms with Crippen molar-refractivity contribution < 1.29 is 9.53 Å². The quantitative estimate of drug-likeness (QED) is 0.733. The third-order valence-corrected chi connectivity index (χ3v) is 5.17. The summed E-state index contributed by atoms with van der Waals surface area (Å²) in [5.74, 6) is -0.150. The Bertz CT molecular complexity index is 790. The molecule has 0 radical (unpaired) electrons. The minimum absolute atomic E-state index is 0.0877. The number of nitrogens with one attached hydrogen (secondary N) is 1. The second kappa shape index (κ2) is 9.90. The van der Waals surface area contributed by atoms with Gasteiger partial charge in [-0.2, -0.15) is 0 Å². The molecule has 3 rings (SSSR count). The molecule has 4 nitrogen and oxygen atoms in total. The zero-order valence-corrected chi connectivity index (χ0v) is 16.4. The lowest BCUT2D eigenvalue weighted by Gasteiger charge is -2.31. The van der Waals surface area contributed by atoms with Gasteiger partial charge in [-0.05, 0) is 29.3 Å². The highest BCUT2D eigenvalue weighted by molar-refractivity contribution is 6.42. The summed E-state index contributed by atoms with van der Waals surface area (Å²) in [5.41, 5.74) is 1.91. The molecule has 1 atom stereocenters. The van der Waals surface area contributed by atoms with Crippen LogP contribution in [0.3, 0.4) is 0 Å². The van der Waals surface area contributed by atoms with Crippen molar-refractivity contribution >= 4 is 35.2 Å². The molecule has 0 aliphatic carbocycles. The van der Waals surface area contributed by atoms with Gasteiger partial charge in [0.25, 0.3) is 0 Å². The summed E-state index contributed by atoms with van der Waals surface area (Å²) in [7, 11) is 0. The summed E-state index contributed by atoms with van der Waals surface area (Å²) < 4.78 is 5.41. The Morgan fingerprint density at radius 3 is 2.56 bits per heavy atom. The van der Waals surface area contributed by atoms with E-state index in [4.69, 9.17) is 27.9 Å². The molecule has 1 amide bonds. The fourth-order valence-corrected chi connectivity index (χ4v) is 3.28. The van der Waals surface area contributed by atoms with Crippen LogP contribution in [0, 0.1) is 0 Å². The predicted molar refractivity (Wildman–Crippen MR) is 110 cm³/mol. The van der Waals surface area contributed by atoms with Gasteiger partial charge in [-0.1, -0.05) is 59.6 Å². The van der Waals surface area contributed by atoms with Gasteiger partial charge in [0, 0.05) is 25.7 Å². The van der Waals surface area contributed by atoms with Crippen molar-refractivity contribution in [2.24, 2.45) is 0 Å². The SMILES string of the molecule is O=C(/C=C/c1ccc(Cl)c(Cl)c1)NC(CN1CCOCC1)c1ccccc1. The van der Waals surface area contributed by atoms with Crippen LogP contribution in [-0.2, 0) is 9.53 Å². The van der Waals surface area contributed by atoms with E-state index in [1.807, 2.05) is 36.4 Å². The van der Waals surface area contributed by atoms with Gasteiger partial charge in [0.2, 0.25) is 5.91 Å². The zero-order chi connectivity index (χ0) is 19.1. The Balaban J connectivity index is 1.67. The molecule has 6 heteroatoms. The first-order chi connectivity index (χ1) is 13.1. The van der Waals surface area contributed by atoms with Gasteiger partial charge in [0.15, 0.2) is 0 Å². The molecule has 0 aromatic heterocycles. The van der Waals surface area contributed by atoms with E-state index >= 15 is 0 Å². The van der Waals surface area contributed by atoms with Crippen LogP contribution < -0.4 is 5.32 Å². The Kier molecular flexibility index (Phi) is 7.30. The lowest BCUT2D eigenvalue weighted by Crippen LogP contribution is -2.42. The largest absolute Gasteiger partial charge is 0.379 e. The molecule has 142 valence electrons. The van der Waals surface area contributed by atoms with E-state index in [1.54, 1.807) is 18.2 Å². The number of nitrogens with zero attached hydrogens (tertiary/aromatic N) is 1. The second-order valence-corrected chi connectivity index (χ2v) is 7.21. The van der Waals surface area contributed by atoms with Crippen LogP contribution in [0.5, 0.6) is 0 Å². The van der Waals surface area contributed by atoms with Crippen molar-refractivity contribution in [1.82, 2.24) is 10.2 Å². The number of halogens is 2. The monoisotopic (exact) mass is 404 g/mol. The minimum Gasteiger partial charge on any atom is -0.379 e. The smallest absolute Gasteiger partial charge is 0.244 e.